The molecule has 1 aromatic heterocycles. The maximum absolute atomic E-state index is 9.45. The Bertz CT molecular complexity index is 615. The summed E-state index contributed by atoms with van der Waals surface area (Å²) in [6.45, 7) is 7.50. The topological polar surface area (TPSA) is 62.0 Å². The lowest BCUT2D eigenvalue weighted by molar-refractivity contribution is 0.0489. The molecular formula is C19H27N3O3. The molecule has 136 valence electrons. The SMILES string of the molecule is CCOc1ccc(CN2CCN(Cc3ccon3)C[C@H]2CCO)cc1. The second-order valence-corrected chi connectivity index (χ2v) is 6.44. The minimum absolute atomic E-state index is 0.211. The van der Waals surface area contributed by atoms with Crippen LogP contribution in [0.3, 0.4) is 0 Å². The molecule has 0 bridgehead atoms. The molecule has 1 fully saturated rings. The average molecular weight is 345 g/mol. The van der Waals surface area contributed by atoms with E-state index in [0.29, 0.717) is 12.6 Å². The predicted octanol–water partition coefficient (Wildman–Crippen LogP) is 2.14. The summed E-state index contributed by atoms with van der Waals surface area (Å²) in [6, 6.07) is 10.6. The molecular weight excluding hydrogens is 318 g/mol. The van der Waals surface area contributed by atoms with Gasteiger partial charge in [0.25, 0.3) is 0 Å². The van der Waals surface area contributed by atoms with Crippen molar-refractivity contribution in [3.05, 3.63) is 47.9 Å². The molecule has 0 spiro atoms. The summed E-state index contributed by atoms with van der Waals surface area (Å²) < 4.78 is 10.4. The van der Waals surface area contributed by atoms with Crippen LogP contribution < -0.4 is 4.74 Å². The van der Waals surface area contributed by atoms with Crippen molar-refractivity contribution in [1.82, 2.24) is 15.0 Å². The number of rotatable bonds is 8. The van der Waals surface area contributed by atoms with Gasteiger partial charge in [0.2, 0.25) is 0 Å². The smallest absolute Gasteiger partial charge is 0.124 e. The van der Waals surface area contributed by atoms with Gasteiger partial charge < -0.3 is 14.4 Å². The van der Waals surface area contributed by atoms with Gasteiger partial charge in [-0.2, -0.15) is 0 Å². The minimum Gasteiger partial charge on any atom is -0.494 e. The average Bonchev–Trinajstić information content (AvgIpc) is 3.12. The quantitative estimate of drug-likeness (QED) is 0.791. The van der Waals surface area contributed by atoms with E-state index in [9.17, 15) is 5.11 Å². The maximum atomic E-state index is 9.45. The van der Waals surface area contributed by atoms with E-state index < -0.39 is 0 Å². The van der Waals surface area contributed by atoms with Gasteiger partial charge in [0.15, 0.2) is 0 Å². The van der Waals surface area contributed by atoms with Crippen LogP contribution in [0.15, 0.2) is 41.1 Å². The molecule has 6 nitrogen and oxygen atoms in total. The zero-order valence-electron chi connectivity index (χ0n) is 14.8. The minimum atomic E-state index is 0.211. The second-order valence-electron chi connectivity index (χ2n) is 6.44. The summed E-state index contributed by atoms with van der Waals surface area (Å²) in [7, 11) is 0. The van der Waals surface area contributed by atoms with Gasteiger partial charge in [-0.3, -0.25) is 9.80 Å². The van der Waals surface area contributed by atoms with E-state index in [1.165, 1.54) is 5.56 Å². The van der Waals surface area contributed by atoms with E-state index in [1.54, 1.807) is 6.26 Å². The summed E-state index contributed by atoms with van der Waals surface area (Å²) in [5, 5.41) is 13.5. The van der Waals surface area contributed by atoms with Crippen molar-refractivity contribution in [1.29, 1.82) is 0 Å². The van der Waals surface area contributed by atoms with Gasteiger partial charge in [0.1, 0.15) is 12.0 Å². The number of ether oxygens (including phenoxy) is 1. The Kier molecular flexibility index (Phi) is 6.44. The van der Waals surface area contributed by atoms with E-state index in [2.05, 4.69) is 27.1 Å². The highest BCUT2D eigenvalue weighted by molar-refractivity contribution is 5.27. The third-order valence-electron chi connectivity index (χ3n) is 4.65. The molecule has 0 amide bonds. The Balaban J connectivity index is 1.58. The molecule has 1 aliphatic heterocycles. The first-order valence-electron chi connectivity index (χ1n) is 8.96. The Morgan fingerprint density at radius 3 is 2.72 bits per heavy atom. The van der Waals surface area contributed by atoms with E-state index >= 15 is 0 Å². The number of hydrogen-bond donors (Lipinski definition) is 1. The van der Waals surface area contributed by atoms with Crippen molar-refractivity contribution in [3.8, 4) is 5.75 Å². The van der Waals surface area contributed by atoms with Crippen molar-refractivity contribution >= 4 is 0 Å². The third-order valence-corrected chi connectivity index (χ3v) is 4.65. The third kappa shape index (κ3) is 5.04. The number of piperazine rings is 1. The Hall–Kier alpha value is -1.89. The van der Waals surface area contributed by atoms with E-state index in [-0.39, 0.29) is 6.61 Å². The molecule has 2 heterocycles. The molecule has 1 saturated heterocycles. The van der Waals surface area contributed by atoms with E-state index in [1.807, 2.05) is 25.1 Å². The highest BCUT2D eigenvalue weighted by Crippen LogP contribution is 2.19. The van der Waals surface area contributed by atoms with E-state index in [4.69, 9.17) is 9.26 Å². The fourth-order valence-electron chi connectivity index (χ4n) is 3.37. The molecule has 1 aromatic carbocycles. The van der Waals surface area contributed by atoms with Crippen LogP contribution in [0.4, 0.5) is 0 Å². The Morgan fingerprint density at radius 1 is 1.20 bits per heavy atom. The van der Waals surface area contributed by atoms with Crippen LogP contribution in [-0.4, -0.2) is 59.0 Å². The van der Waals surface area contributed by atoms with Crippen LogP contribution in [0.5, 0.6) is 5.75 Å². The fraction of sp³-hybridized carbons (Fsp3) is 0.526. The van der Waals surface area contributed by atoms with Crippen LogP contribution in [-0.2, 0) is 13.1 Å². The summed E-state index contributed by atoms with van der Waals surface area (Å²) in [5.74, 6) is 0.913. The molecule has 0 radical (unpaired) electrons. The van der Waals surface area contributed by atoms with Crippen LogP contribution in [0.1, 0.15) is 24.6 Å². The molecule has 25 heavy (non-hydrogen) atoms. The lowest BCUT2D eigenvalue weighted by atomic mass is 10.1. The monoisotopic (exact) mass is 345 g/mol. The molecule has 3 rings (SSSR count). The van der Waals surface area contributed by atoms with E-state index in [0.717, 1.165) is 50.6 Å². The Labute approximate surface area is 149 Å². The van der Waals surface area contributed by atoms with Gasteiger partial charge in [-0.25, -0.2) is 0 Å². The molecule has 0 unspecified atom stereocenters. The largest absolute Gasteiger partial charge is 0.494 e. The zero-order chi connectivity index (χ0) is 17.5. The van der Waals surface area contributed by atoms with Gasteiger partial charge in [-0.05, 0) is 31.0 Å². The van der Waals surface area contributed by atoms with Crippen LogP contribution in [0.25, 0.3) is 0 Å². The summed E-state index contributed by atoms with van der Waals surface area (Å²) >= 11 is 0. The number of aromatic nitrogens is 1. The Morgan fingerprint density at radius 2 is 2.04 bits per heavy atom. The molecule has 1 aliphatic rings. The zero-order valence-corrected chi connectivity index (χ0v) is 14.8. The number of aliphatic hydroxyl groups is 1. The number of nitrogens with zero attached hydrogens (tertiary/aromatic N) is 3. The van der Waals surface area contributed by atoms with Crippen molar-refractivity contribution in [2.45, 2.75) is 32.5 Å². The highest BCUT2D eigenvalue weighted by Gasteiger charge is 2.27. The molecule has 1 atom stereocenters. The van der Waals surface area contributed by atoms with Crippen molar-refractivity contribution in [2.24, 2.45) is 0 Å². The molecule has 0 aliphatic carbocycles. The van der Waals surface area contributed by atoms with Gasteiger partial charge in [0.05, 0.1) is 12.3 Å². The van der Waals surface area contributed by atoms with Crippen LogP contribution in [0, 0.1) is 0 Å². The van der Waals surface area contributed by atoms with Gasteiger partial charge in [0, 0.05) is 51.4 Å². The van der Waals surface area contributed by atoms with Gasteiger partial charge >= 0.3 is 0 Å². The van der Waals surface area contributed by atoms with Gasteiger partial charge in [-0.15, -0.1) is 0 Å². The predicted molar refractivity (Wildman–Crippen MR) is 95.3 cm³/mol. The summed E-state index contributed by atoms with van der Waals surface area (Å²) in [6.07, 6.45) is 2.40. The van der Waals surface area contributed by atoms with Crippen LogP contribution >= 0.6 is 0 Å². The molecule has 2 aromatic rings. The summed E-state index contributed by atoms with van der Waals surface area (Å²) in [4.78, 5) is 4.85. The van der Waals surface area contributed by atoms with Crippen LogP contribution in [0.2, 0.25) is 0 Å². The first kappa shape index (κ1) is 17.9. The van der Waals surface area contributed by atoms with Gasteiger partial charge in [-0.1, -0.05) is 17.3 Å². The number of benzene rings is 1. The summed E-state index contributed by atoms with van der Waals surface area (Å²) in [5.41, 5.74) is 2.24. The van der Waals surface area contributed by atoms with Crippen molar-refractivity contribution in [3.63, 3.8) is 0 Å². The molecule has 6 heteroatoms. The molecule has 0 saturated carbocycles. The van der Waals surface area contributed by atoms with Crippen molar-refractivity contribution in [2.75, 3.05) is 32.8 Å². The number of aliphatic hydroxyl groups excluding tert-OH is 1. The first-order valence-corrected chi connectivity index (χ1v) is 8.96. The lowest BCUT2D eigenvalue weighted by Gasteiger charge is -2.41. The first-order chi connectivity index (χ1) is 12.3. The normalized spacial score (nSPS) is 19.2. The lowest BCUT2D eigenvalue weighted by Crippen LogP contribution is -2.52. The fourth-order valence-corrected chi connectivity index (χ4v) is 3.37. The van der Waals surface area contributed by atoms with Crippen molar-refractivity contribution < 1.29 is 14.4 Å². The molecule has 1 N–H and O–H groups in total. The maximum Gasteiger partial charge on any atom is 0.124 e. The highest BCUT2D eigenvalue weighted by atomic mass is 16.5. The second kappa shape index (κ2) is 8.99. The number of hydrogen-bond acceptors (Lipinski definition) is 6. The standard InChI is InChI=1S/C19H27N3O3/c1-2-24-19-5-3-16(4-6-19)13-22-10-9-21(15-18(22)7-11-23)14-17-8-12-25-20-17/h3-6,8,12,18,23H,2,7,9-11,13-15H2,1H3/t18-/m1/s1.